The number of aromatic hydroxyl groups is 1. The van der Waals surface area contributed by atoms with Crippen molar-refractivity contribution in [2.24, 2.45) is 0 Å². The van der Waals surface area contributed by atoms with Crippen molar-refractivity contribution in [1.82, 2.24) is 5.32 Å². The van der Waals surface area contributed by atoms with Gasteiger partial charge in [-0.3, -0.25) is 0 Å². The molecule has 16 heavy (non-hydrogen) atoms. The van der Waals surface area contributed by atoms with Crippen LogP contribution in [0.4, 0.5) is 0 Å². The van der Waals surface area contributed by atoms with Gasteiger partial charge in [-0.05, 0) is 44.0 Å². The lowest BCUT2D eigenvalue weighted by molar-refractivity contribution is 0.381. The van der Waals surface area contributed by atoms with Gasteiger partial charge in [0.25, 0.3) is 0 Å². The SMILES string of the molecule is COc1cc(C2CCCCN2)c(O)cc1C. The molecule has 1 fully saturated rings. The minimum absolute atomic E-state index is 0.267. The molecule has 0 saturated carbocycles. The Labute approximate surface area is 96.4 Å². The molecular formula is C13H19NO2. The number of phenols is 1. The van der Waals surface area contributed by atoms with E-state index in [0.717, 1.165) is 29.8 Å². The zero-order chi connectivity index (χ0) is 11.5. The Bertz CT molecular complexity index is 370. The van der Waals surface area contributed by atoms with E-state index in [2.05, 4.69) is 5.32 Å². The third-order valence-corrected chi connectivity index (χ3v) is 3.23. The van der Waals surface area contributed by atoms with E-state index < -0.39 is 0 Å². The molecule has 0 amide bonds. The fraction of sp³-hybridized carbons (Fsp3) is 0.538. The number of rotatable bonds is 2. The summed E-state index contributed by atoms with van der Waals surface area (Å²) in [7, 11) is 1.66. The maximum atomic E-state index is 9.97. The van der Waals surface area contributed by atoms with E-state index in [0.29, 0.717) is 5.75 Å². The predicted octanol–water partition coefficient (Wildman–Crippen LogP) is 2.52. The summed E-state index contributed by atoms with van der Waals surface area (Å²) < 4.78 is 5.29. The van der Waals surface area contributed by atoms with E-state index in [1.165, 1.54) is 12.8 Å². The third kappa shape index (κ3) is 2.14. The molecule has 1 aliphatic heterocycles. The van der Waals surface area contributed by atoms with Crippen molar-refractivity contribution in [3.63, 3.8) is 0 Å². The monoisotopic (exact) mass is 221 g/mol. The van der Waals surface area contributed by atoms with E-state index in [9.17, 15) is 5.11 Å². The van der Waals surface area contributed by atoms with Crippen LogP contribution in [0.2, 0.25) is 0 Å². The van der Waals surface area contributed by atoms with Gasteiger partial charge in [0.2, 0.25) is 0 Å². The van der Waals surface area contributed by atoms with Crippen LogP contribution in [0, 0.1) is 6.92 Å². The molecule has 88 valence electrons. The largest absolute Gasteiger partial charge is 0.508 e. The normalized spacial score (nSPS) is 20.8. The standard InChI is InChI=1S/C13H19NO2/c1-9-7-12(15)10(8-13(9)16-2)11-5-3-4-6-14-11/h7-8,11,14-15H,3-6H2,1-2H3. The topological polar surface area (TPSA) is 41.5 Å². The molecule has 1 aliphatic rings. The Morgan fingerprint density at radius 3 is 2.81 bits per heavy atom. The number of hydrogen-bond donors (Lipinski definition) is 2. The number of piperidine rings is 1. The Morgan fingerprint density at radius 1 is 1.38 bits per heavy atom. The van der Waals surface area contributed by atoms with Crippen molar-refractivity contribution in [3.8, 4) is 11.5 Å². The van der Waals surface area contributed by atoms with Crippen LogP contribution in [-0.4, -0.2) is 18.8 Å². The highest BCUT2D eigenvalue weighted by molar-refractivity contribution is 5.46. The number of aryl methyl sites for hydroxylation is 1. The van der Waals surface area contributed by atoms with Crippen molar-refractivity contribution < 1.29 is 9.84 Å². The average molecular weight is 221 g/mol. The summed E-state index contributed by atoms with van der Waals surface area (Å²) in [6.45, 7) is 2.97. The molecule has 0 aliphatic carbocycles. The van der Waals surface area contributed by atoms with Gasteiger partial charge in [0, 0.05) is 11.6 Å². The summed E-state index contributed by atoms with van der Waals surface area (Å²) in [5.41, 5.74) is 1.93. The highest BCUT2D eigenvalue weighted by atomic mass is 16.5. The molecule has 2 rings (SSSR count). The second-order valence-electron chi connectivity index (χ2n) is 4.38. The highest BCUT2D eigenvalue weighted by Crippen LogP contribution is 2.34. The number of ether oxygens (including phenoxy) is 1. The van der Waals surface area contributed by atoms with Gasteiger partial charge in [-0.15, -0.1) is 0 Å². The van der Waals surface area contributed by atoms with Crippen LogP contribution in [0.25, 0.3) is 0 Å². The first-order valence-corrected chi connectivity index (χ1v) is 5.83. The molecule has 2 N–H and O–H groups in total. The minimum Gasteiger partial charge on any atom is -0.508 e. The Hall–Kier alpha value is -1.22. The first-order valence-electron chi connectivity index (χ1n) is 5.83. The molecule has 1 aromatic carbocycles. The van der Waals surface area contributed by atoms with Crippen LogP contribution in [0.1, 0.15) is 36.4 Å². The van der Waals surface area contributed by atoms with E-state index in [-0.39, 0.29) is 6.04 Å². The molecule has 0 aromatic heterocycles. The number of hydrogen-bond acceptors (Lipinski definition) is 3. The maximum Gasteiger partial charge on any atom is 0.122 e. The van der Waals surface area contributed by atoms with Crippen molar-refractivity contribution in [2.45, 2.75) is 32.2 Å². The van der Waals surface area contributed by atoms with Crippen molar-refractivity contribution >= 4 is 0 Å². The lowest BCUT2D eigenvalue weighted by atomic mass is 9.95. The third-order valence-electron chi connectivity index (χ3n) is 3.23. The molecule has 1 aromatic rings. The number of benzene rings is 1. The molecule has 1 heterocycles. The number of nitrogens with one attached hydrogen (secondary N) is 1. The Morgan fingerprint density at radius 2 is 2.19 bits per heavy atom. The number of phenolic OH excluding ortho intramolecular Hbond substituents is 1. The first-order chi connectivity index (χ1) is 7.72. The lowest BCUT2D eigenvalue weighted by Gasteiger charge is -2.25. The van der Waals surface area contributed by atoms with E-state index in [1.54, 1.807) is 13.2 Å². The van der Waals surface area contributed by atoms with Gasteiger partial charge in [-0.2, -0.15) is 0 Å². The summed E-state index contributed by atoms with van der Waals surface area (Å²) in [5, 5.41) is 13.4. The summed E-state index contributed by atoms with van der Waals surface area (Å²) >= 11 is 0. The molecule has 0 radical (unpaired) electrons. The Balaban J connectivity index is 2.31. The second kappa shape index (κ2) is 4.74. The maximum absolute atomic E-state index is 9.97. The van der Waals surface area contributed by atoms with Crippen LogP contribution >= 0.6 is 0 Å². The summed E-state index contributed by atoms with van der Waals surface area (Å²) in [6, 6.07) is 4.00. The molecule has 1 unspecified atom stereocenters. The highest BCUT2D eigenvalue weighted by Gasteiger charge is 2.19. The van der Waals surface area contributed by atoms with Crippen molar-refractivity contribution in [1.29, 1.82) is 0 Å². The van der Waals surface area contributed by atoms with Gasteiger partial charge < -0.3 is 15.2 Å². The molecule has 1 atom stereocenters. The van der Waals surface area contributed by atoms with Crippen LogP contribution in [0.15, 0.2) is 12.1 Å². The van der Waals surface area contributed by atoms with Crippen molar-refractivity contribution in [3.05, 3.63) is 23.3 Å². The minimum atomic E-state index is 0.267. The molecule has 0 spiro atoms. The van der Waals surface area contributed by atoms with Crippen LogP contribution in [0.5, 0.6) is 11.5 Å². The van der Waals surface area contributed by atoms with Gasteiger partial charge in [0.05, 0.1) is 7.11 Å². The summed E-state index contributed by atoms with van der Waals surface area (Å²) in [5.74, 6) is 1.22. The molecular weight excluding hydrogens is 202 g/mol. The van der Waals surface area contributed by atoms with Crippen LogP contribution in [0.3, 0.4) is 0 Å². The van der Waals surface area contributed by atoms with Gasteiger partial charge in [0.1, 0.15) is 11.5 Å². The molecule has 1 saturated heterocycles. The van der Waals surface area contributed by atoms with Gasteiger partial charge >= 0.3 is 0 Å². The van der Waals surface area contributed by atoms with E-state index in [4.69, 9.17) is 4.74 Å². The fourth-order valence-corrected chi connectivity index (χ4v) is 2.30. The van der Waals surface area contributed by atoms with E-state index >= 15 is 0 Å². The molecule has 0 bridgehead atoms. The summed E-state index contributed by atoms with van der Waals surface area (Å²) in [4.78, 5) is 0. The van der Waals surface area contributed by atoms with Gasteiger partial charge in [-0.25, -0.2) is 0 Å². The predicted molar refractivity (Wildman–Crippen MR) is 64.0 cm³/mol. The number of methoxy groups -OCH3 is 1. The Kier molecular flexibility index (Phi) is 3.34. The fourth-order valence-electron chi connectivity index (χ4n) is 2.30. The van der Waals surface area contributed by atoms with Crippen LogP contribution in [-0.2, 0) is 0 Å². The van der Waals surface area contributed by atoms with Crippen molar-refractivity contribution in [2.75, 3.05) is 13.7 Å². The zero-order valence-electron chi connectivity index (χ0n) is 9.92. The smallest absolute Gasteiger partial charge is 0.122 e. The van der Waals surface area contributed by atoms with Gasteiger partial charge in [0.15, 0.2) is 0 Å². The first kappa shape index (κ1) is 11.3. The zero-order valence-corrected chi connectivity index (χ0v) is 9.92. The molecule has 3 nitrogen and oxygen atoms in total. The van der Waals surface area contributed by atoms with Crippen LogP contribution < -0.4 is 10.1 Å². The second-order valence-corrected chi connectivity index (χ2v) is 4.38. The lowest BCUT2D eigenvalue weighted by Crippen LogP contribution is -2.26. The van der Waals surface area contributed by atoms with Gasteiger partial charge in [-0.1, -0.05) is 6.42 Å². The van der Waals surface area contributed by atoms with E-state index in [1.807, 2.05) is 13.0 Å². The summed E-state index contributed by atoms with van der Waals surface area (Å²) in [6.07, 6.45) is 3.52. The average Bonchev–Trinajstić information content (AvgIpc) is 2.30. The quantitative estimate of drug-likeness (QED) is 0.806. The molecule has 3 heteroatoms.